The summed E-state index contributed by atoms with van der Waals surface area (Å²) >= 11 is 0. The van der Waals surface area contributed by atoms with Crippen molar-refractivity contribution >= 4 is 5.91 Å². The second-order valence-electron chi connectivity index (χ2n) is 4.10. The van der Waals surface area contributed by atoms with E-state index in [9.17, 15) is 9.18 Å². The first kappa shape index (κ1) is 12.3. The molecule has 0 spiro atoms. The van der Waals surface area contributed by atoms with Crippen LogP contribution in [0.3, 0.4) is 0 Å². The Morgan fingerprint density at radius 1 is 1.50 bits per heavy atom. The number of halogens is 1. The number of hydrogen-bond donors (Lipinski definition) is 1. The van der Waals surface area contributed by atoms with Gasteiger partial charge in [0, 0.05) is 25.0 Å². The van der Waals surface area contributed by atoms with Gasteiger partial charge < -0.3 is 9.88 Å². The van der Waals surface area contributed by atoms with Crippen molar-refractivity contribution in [1.29, 1.82) is 0 Å². The third-order valence-corrected chi connectivity index (χ3v) is 2.76. The van der Waals surface area contributed by atoms with Crippen LogP contribution >= 0.6 is 0 Å². The summed E-state index contributed by atoms with van der Waals surface area (Å²) in [5.41, 5.74) is 1.10. The number of hydrogen-bond acceptors (Lipinski definition) is 2. The van der Waals surface area contributed by atoms with Gasteiger partial charge in [-0.05, 0) is 30.7 Å². The number of nitrogens with one attached hydrogen (secondary N) is 1. The maximum absolute atomic E-state index is 12.9. The van der Waals surface area contributed by atoms with E-state index in [0.717, 1.165) is 5.82 Å². The minimum absolute atomic E-state index is 0.226. The zero-order valence-electron chi connectivity index (χ0n) is 10.3. The van der Waals surface area contributed by atoms with E-state index >= 15 is 0 Å². The van der Waals surface area contributed by atoms with E-state index in [1.807, 2.05) is 17.8 Å². The summed E-state index contributed by atoms with van der Waals surface area (Å²) in [6, 6.07) is 4.11. The number of benzene rings is 1. The highest BCUT2D eigenvalue weighted by Gasteiger charge is 2.10. The zero-order chi connectivity index (χ0) is 13.1. The molecule has 0 fully saturated rings. The molecular formula is C13H14FN3O. The fourth-order valence-corrected chi connectivity index (χ4v) is 1.70. The van der Waals surface area contributed by atoms with Gasteiger partial charge in [0.25, 0.3) is 5.91 Å². The van der Waals surface area contributed by atoms with Crippen LogP contribution in [0.15, 0.2) is 30.6 Å². The molecule has 0 unspecified atom stereocenters. The lowest BCUT2D eigenvalue weighted by molar-refractivity contribution is 0.0949. The van der Waals surface area contributed by atoms with Crippen LogP contribution in [-0.2, 0) is 13.6 Å². The van der Waals surface area contributed by atoms with Gasteiger partial charge in [0.05, 0.1) is 6.54 Å². The van der Waals surface area contributed by atoms with Crippen molar-refractivity contribution in [3.63, 3.8) is 0 Å². The summed E-state index contributed by atoms with van der Waals surface area (Å²) in [6.45, 7) is 2.05. The van der Waals surface area contributed by atoms with Crippen molar-refractivity contribution in [2.45, 2.75) is 13.5 Å². The maximum atomic E-state index is 12.9. The number of aryl methyl sites for hydroxylation is 2. The molecule has 94 valence electrons. The Morgan fingerprint density at radius 2 is 2.28 bits per heavy atom. The Kier molecular flexibility index (Phi) is 3.41. The smallest absolute Gasteiger partial charge is 0.251 e. The molecule has 0 aliphatic carbocycles. The predicted octanol–water partition coefficient (Wildman–Crippen LogP) is 1.80. The molecule has 5 heteroatoms. The normalized spacial score (nSPS) is 10.4. The number of nitrogens with zero attached hydrogens (tertiary/aromatic N) is 2. The molecule has 0 saturated heterocycles. The highest BCUT2D eigenvalue weighted by molar-refractivity contribution is 5.95. The van der Waals surface area contributed by atoms with Crippen LogP contribution in [0.25, 0.3) is 0 Å². The molecule has 2 aromatic rings. The average molecular weight is 247 g/mol. The Labute approximate surface area is 104 Å². The molecule has 4 nitrogen and oxygen atoms in total. The minimum atomic E-state index is -0.340. The summed E-state index contributed by atoms with van der Waals surface area (Å²) in [4.78, 5) is 16.0. The Hall–Kier alpha value is -2.17. The van der Waals surface area contributed by atoms with Crippen LogP contribution in [0, 0.1) is 12.7 Å². The summed E-state index contributed by atoms with van der Waals surface area (Å²) in [6.07, 6.45) is 3.48. The van der Waals surface area contributed by atoms with Gasteiger partial charge in [-0.2, -0.15) is 0 Å². The van der Waals surface area contributed by atoms with Crippen LogP contribution in [0.2, 0.25) is 0 Å². The number of carbonyl (C=O) groups is 1. The molecule has 18 heavy (non-hydrogen) atoms. The van der Waals surface area contributed by atoms with Crippen LogP contribution in [0.4, 0.5) is 4.39 Å². The second-order valence-corrected chi connectivity index (χ2v) is 4.10. The topological polar surface area (TPSA) is 46.9 Å². The van der Waals surface area contributed by atoms with Crippen LogP contribution in [0.5, 0.6) is 0 Å². The van der Waals surface area contributed by atoms with Gasteiger partial charge in [0.2, 0.25) is 0 Å². The highest BCUT2D eigenvalue weighted by atomic mass is 19.1. The SMILES string of the molecule is Cc1cc(F)ccc1C(=O)NCc1nccn1C. The Balaban J connectivity index is 2.06. The summed E-state index contributed by atoms with van der Waals surface area (Å²) in [7, 11) is 1.86. The van der Waals surface area contributed by atoms with Gasteiger partial charge in [-0.25, -0.2) is 9.37 Å². The first-order valence-corrected chi connectivity index (χ1v) is 5.58. The molecule has 0 radical (unpaired) electrons. The molecule has 0 bridgehead atoms. The third kappa shape index (κ3) is 2.56. The lowest BCUT2D eigenvalue weighted by Gasteiger charge is -2.07. The molecule has 0 aliphatic heterocycles. The van der Waals surface area contributed by atoms with Gasteiger partial charge in [0.15, 0.2) is 0 Å². The van der Waals surface area contributed by atoms with Gasteiger partial charge in [0.1, 0.15) is 11.6 Å². The maximum Gasteiger partial charge on any atom is 0.251 e. The van der Waals surface area contributed by atoms with E-state index in [1.54, 1.807) is 13.1 Å². The summed E-state index contributed by atoms with van der Waals surface area (Å²) in [5, 5.41) is 2.76. The number of aromatic nitrogens is 2. The average Bonchev–Trinajstić information content (AvgIpc) is 2.72. The number of amides is 1. The van der Waals surface area contributed by atoms with Gasteiger partial charge >= 0.3 is 0 Å². The van der Waals surface area contributed by atoms with E-state index in [1.165, 1.54) is 18.2 Å². The summed E-state index contributed by atoms with van der Waals surface area (Å²) in [5.74, 6) is 0.201. The number of rotatable bonds is 3. The van der Waals surface area contributed by atoms with E-state index in [4.69, 9.17) is 0 Å². The molecule has 2 rings (SSSR count). The molecule has 1 N–H and O–H groups in total. The van der Waals surface area contributed by atoms with Crippen molar-refractivity contribution in [3.8, 4) is 0 Å². The quantitative estimate of drug-likeness (QED) is 0.899. The molecule has 1 aromatic carbocycles. The second kappa shape index (κ2) is 5.00. The third-order valence-electron chi connectivity index (χ3n) is 2.76. The van der Waals surface area contributed by atoms with Crippen molar-refractivity contribution in [3.05, 3.63) is 53.4 Å². The van der Waals surface area contributed by atoms with Gasteiger partial charge in [-0.15, -0.1) is 0 Å². The van der Waals surface area contributed by atoms with Gasteiger partial charge in [-0.1, -0.05) is 0 Å². The van der Waals surface area contributed by atoms with E-state index < -0.39 is 0 Å². The minimum Gasteiger partial charge on any atom is -0.345 e. The van der Waals surface area contributed by atoms with Crippen molar-refractivity contribution < 1.29 is 9.18 Å². The molecule has 0 saturated carbocycles. The largest absolute Gasteiger partial charge is 0.345 e. The van der Waals surface area contributed by atoms with Crippen molar-refractivity contribution in [2.24, 2.45) is 7.05 Å². The number of imidazole rings is 1. The fraction of sp³-hybridized carbons (Fsp3) is 0.231. The standard InChI is InChI=1S/C13H14FN3O/c1-9-7-10(14)3-4-11(9)13(18)16-8-12-15-5-6-17(12)2/h3-7H,8H2,1-2H3,(H,16,18). The molecule has 1 amide bonds. The molecule has 1 aromatic heterocycles. The molecule has 1 heterocycles. The fourth-order valence-electron chi connectivity index (χ4n) is 1.70. The lowest BCUT2D eigenvalue weighted by atomic mass is 10.1. The first-order chi connectivity index (χ1) is 8.58. The highest BCUT2D eigenvalue weighted by Crippen LogP contribution is 2.10. The molecular weight excluding hydrogens is 233 g/mol. The van der Waals surface area contributed by atoms with E-state index in [0.29, 0.717) is 17.7 Å². The Bertz CT molecular complexity index is 577. The summed E-state index contributed by atoms with van der Waals surface area (Å²) < 4.78 is 14.8. The van der Waals surface area contributed by atoms with Crippen LogP contribution in [-0.4, -0.2) is 15.5 Å². The van der Waals surface area contributed by atoms with E-state index in [2.05, 4.69) is 10.3 Å². The van der Waals surface area contributed by atoms with Crippen LogP contribution < -0.4 is 5.32 Å². The molecule has 0 aliphatic rings. The predicted molar refractivity (Wildman–Crippen MR) is 65.5 cm³/mol. The van der Waals surface area contributed by atoms with Crippen LogP contribution in [0.1, 0.15) is 21.7 Å². The monoisotopic (exact) mass is 247 g/mol. The number of carbonyl (C=O) groups excluding carboxylic acids is 1. The Morgan fingerprint density at radius 3 is 2.89 bits per heavy atom. The van der Waals surface area contributed by atoms with Crippen molar-refractivity contribution in [1.82, 2.24) is 14.9 Å². The molecule has 0 atom stereocenters. The zero-order valence-corrected chi connectivity index (χ0v) is 10.3. The van der Waals surface area contributed by atoms with Gasteiger partial charge in [-0.3, -0.25) is 4.79 Å². The first-order valence-electron chi connectivity index (χ1n) is 5.58. The van der Waals surface area contributed by atoms with E-state index in [-0.39, 0.29) is 11.7 Å². The van der Waals surface area contributed by atoms with Crippen molar-refractivity contribution in [2.75, 3.05) is 0 Å². The lowest BCUT2D eigenvalue weighted by Crippen LogP contribution is -2.25.